The fourth-order valence-electron chi connectivity index (χ4n) is 7.29. The minimum absolute atomic E-state index is 0. The van der Waals surface area contributed by atoms with Crippen molar-refractivity contribution in [2.24, 2.45) is 5.92 Å². The predicted octanol–water partition coefficient (Wildman–Crippen LogP) is 4.80. The van der Waals surface area contributed by atoms with Crippen LogP contribution in [0.2, 0.25) is 5.04 Å². The molecule has 11 heteroatoms. The molecule has 2 saturated heterocycles. The van der Waals surface area contributed by atoms with Gasteiger partial charge in [-0.25, -0.2) is 0 Å². The molecule has 53 heavy (non-hydrogen) atoms. The first-order valence-electron chi connectivity index (χ1n) is 18.8. The molecule has 290 valence electrons. The van der Waals surface area contributed by atoms with E-state index in [0.717, 1.165) is 10.4 Å². The van der Waals surface area contributed by atoms with Crippen molar-refractivity contribution in [3.05, 3.63) is 72.8 Å². The molecular weight excluding hydrogens is 685 g/mol. The van der Waals surface area contributed by atoms with Gasteiger partial charge in [0.25, 0.3) is 8.32 Å². The van der Waals surface area contributed by atoms with Crippen LogP contribution in [0.5, 0.6) is 0 Å². The number of fused-ring (bicyclic) bond motifs is 1. The lowest BCUT2D eigenvalue weighted by atomic mass is 9.93. The summed E-state index contributed by atoms with van der Waals surface area (Å²) in [5.74, 6) is -1.92. The summed E-state index contributed by atoms with van der Waals surface area (Å²) in [4.78, 5) is 69.6. The van der Waals surface area contributed by atoms with Gasteiger partial charge in [-0.15, -0.1) is 0 Å². The molecule has 3 N–H and O–H groups in total. The van der Waals surface area contributed by atoms with Crippen molar-refractivity contribution < 1.29 is 28.4 Å². The lowest BCUT2D eigenvalue weighted by Crippen LogP contribution is -2.68. The second kappa shape index (κ2) is 18.3. The maximum absolute atomic E-state index is 13.7. The Morgan fingerprint density at radius 2 is 1.55 bits per heavy atom. The summed E-state index contributed by atoms with van der Waals surface area (Å²) in [5, 5.41) is 10.6. The van der Waals surface area contributed by atoms with Crippen LogP contribution in [0.15, 0.2) is 72.8 Å². The van der Waals surface area contributed by atoms with Crippen LogP contribution in [-0.2, 0) is 28.4 Å². The normalized spacial score (nSPS) is 23.6. The van der Waals surface area contributed by atoms with Gasteiger partial charge in [0.15, 0.2) is 5.78 Å². The summed E-state index contributed by atoms with van der Waals surface area (Å²) in [6, 6.07) is 17.9. The molecule has 0 saturated carbocycles. The number of amides is 4. The largest absolute Gasteiger partial charge is 0.397 e. The highest BCUT2D eigenvalue weighted by molar-refractivity contribution is 6.99. The van der Waals surface area contributed by atoms with Gasteiger partial charge in [-0.2, -0.15) is 0 Å². The average molecular weight is 747 g/mol. The van der Waals surface area contributed by atoms with Gasteiger partial charge in [0.1, 0.15) is 29.8 Å². The number of carbonyl (C=O) groups excluding carboxylic acids is 5. The lowest BCUT2D eigenvalue weighted by Gasteiger charge is -2.44. The van der Waals surface area contributed by atoms with Gasteiger partial charge in [0, 0.05) is 6.54 Å². The van der Waals surface area contributed by atoms with Crippen LogP contribution >= 0.6 is 0 Å². The van der Waals surface area contributed by atoms with Crippen molar-refractivity contribution in [3.63, 3.8) is 0 Å². The van der Waals surface area contributed by atoms with Gasteiger partial charge in [-0.3, -0.25) is 24.0 Å². The van der Waals surface area contributed by atoms with Crippen molar-refractivity contribution in [2.75, 3.05) is 6.54 Å². The molecule has 0 bridgehead atoms. The molecule has 0 spiro atoms. The number of nitrogens with zero attached hydrogens (tertiary/aromatic N) is 1. The fraction of sp³-hybridized carbons (Fsp3) is 0.548. The zero-order chi connectivity index (χ0) is 38.3. The number of unbranched alkanes of at least 4 members (excludes halogenated alkanes) is 1. The van der Waals surface area contributed by atoms with Crippen molar-refractivity contribution >= 4 is 48.1 Å². The number of hydrogen-bond acceptors (Lipinski definition) is 6. The maximum Gasteiger partial charge on any atom is 0.262 e. The van der Waals surface area contributed by atoms with E-state index < -0.39 is 49.9 Å². The summed E-state index contributed by atoms with van der Waals surface area (Å²) < 4.78 is 6.96. The summed E-state index contributed by atoms with van der Waals surface area (Å²) in [5.41, 5.74) is -1.29. The smallest absolute Gasteiger partial charge is 0.262 e. The van der Waals surface area contributed by atoms with Crippen LogP contribution in [0.25, 0.3) is 0 Å². The van der Waals surface area contributed by atoms with E-state index >= 15 is 0 Å². The molecule has 2 aliphatic rings. The van der Waals surface area contributed by atoms with E-state index in [9.17, 15) is 24.0 Å². The van der Waals surface area contributed by atoms with Gasteiger partial charge < -0.3 is 25.3 Å². The van der Waals surface area contributed by atoms with Crippen molar-refractivity contribution in [2.45, 2.75) is 136 Å². The van der Waals surface area contributed by atoms with Gasteiger partial charge >= 0.3 is 0 Å². The second-order valence-electron chi connectivity index (χ2n) is 15.8. The van der Waals surface area contributed by atoms with Crippen LogP contribution in [-0.4, -0.2) is 78.9 Å². The summed E-state index contributed by atoms with van der Waals surface area (Å²) in [7, 11) is -2.93. The molecule has 2 fully saturated rings. The number of carbonyl (C=O) groups is 5. The third-order valence-corrected chi connectivity index (χ3v) is 15.7. The fourth-order valence-corrected chi connectivity index (χ4v) is 11.9. The first kappa shape index (κ1) is 43.3. The number of benzene rings is 2. The Morgan fingerprint density at radius 3 is 2.08 bits per heavy atom. The third kappa shape index (κ3) is 9.72. The first-order chi connectivity index (χ1) is 24.6. The molecule has 0 unspecified atom stereocenters. The number of hydrogen-bond donors (Lipinski definition) is 3. The van der Waals surface area contributed by atoms with E-state index in [4.69, 9.17) is 4.43 Å². The average Bonchev–Trinajstić information content (AvgIpc) is 3.61. The van der Waals surface area contributed by atoms with Crippen LogP contribution in [0.3, 0.4) is 0 Å². The topological polar surface area (TPSA) is 134 Å². The van der Waals surface area contributed by atoms with E-state index in [-0.39, 0.29) is 48.8 Å². The van der Waals surface area contributed by atoms with E-state index in [0.29, 0.717) is 32.2 Å². The Hall–Kier alpha value is -4.09. The molecule has 2 aliphatic heterocycles. The Morgan fingerprint density at radius 1 is 0.962 bits per heavy atom. The van der Waals surface area contributed by atoms with Crippen LogP contribution in [0.1, 0.15) is 101 Å². The highest BCUT2D eigenvalue weighted by atomic mass is 28.4. The lowest BCUT2D eigenvalue weighted by molar-refractivity contribution is -0.145. The van der Waals surface area contributed by atoms with Gasteiger partial charge in [-0.1, -0.05) is 116 Å². The number of ketones is 1. The zero-order valence-corrected chi connectivity index (χ0v) is 33.2. The van der Waals surface area contributed by atoms with E-state index in [1.807, 2.05) is 50.2 Å². The Kier molecular flexibility index (Phi) is 15.0. The van der Waals surface area contributed by atoms with Crippen LogP contribution in [0.4, 0.5) is 0 Å². The van der Waals surface area contributed by atoms with Crippen LogP contribution in [0, 0.1) is 5.92 Å². The van der Waals surface area contributed by atoms with E-state index in [1.165, 1.54) is 0 Å². The third-order valence-electron chi connectivity index (χ3n) is 10.6. The molecule has 0 aromatic heterocycles. The van der Waals surface area contributed by atoms with E-state index in [1.54, 1.807) is 37.8 Å². The standard InChI is InChI=1S/C41H58N4O6Si.CH4/c1-9-41(8)39(50)43-35(28(2)3)38(49)45-27-19-25-33(45)37(48)42-32(36(47)44-41)24-17-12-18-26-34(46)29(4)51-52(40(5,6)7,30-20-13-10-14-21-30)31-22-15-11-16-23-31;/h10-11,13-16,18,20-23,26,28-29,32-33,35H,9,12,17,19,24-25,27H2,1-8H3,(H,42,48)(H,43,50)(H,44,47);1H4/b26-18+;/t29-,32+,33-,35+,41+;/m1./s1. The summed E-state index contributed by atoms with van der Waals surface area (Å²) >= 11 is 0. The molecular formula is C42H62N4O6Si. The highest BCUT2D eigenvalue weighted by Crippen LogP contribution is 2.37. The molecule has 2 aromatic rings. The van der Waals surface area contributed by atoms with Crippen molar-refractivity contribution in [1.29, 1.82) is 0 Å². The summed E-state index contributed by atoms with van der Waals surface area (Å²) in [6.45, 7) is 15.9. The molecule has 10 nitrogen and oxygen atoms in total. The van der Waals surface area contributed by atoms with Gasteiger partial charge in [0.2, 0.25) is 23.6 Å². The minimum atomic E-state index is -2.93. The predicted molar refractivity (Wildman–Crippen MR) is 213 cm³/mol. The monoisotopic (exact) mass is 746 g/mol. The van der Waals surface area contributed by atoms with Crippen molar-refractivity contribution in [1.82, 2.24) is 20.9 Å². The molecule has 4 amide bonds. The maximum atomic E-state index is 13.7. The van der Waals surface area contributed by atoms with Crippen LogP contribution < -0.4 is 26.3 Å². The Balaban J connectivity index is 0.00000756. The quantitative estimate of drug-likeness (QED) is 0.163. The molecule has 5 atom stereocenters. The molecule has 4 rings (SSSR count). The van der Waals surface area contributed by atoms with Gasteiger partial charge in [0.05, 0.1) is 0 Å². The first-order valence-corrected chi connectivity index (χ1v) is 20.7. The number of nitrogens with one attached hydrogen (secondary N) is 3. The zero-order valence-electron chi connectivity index (χ0n) is 32.2. The highest BCUT2D eigenvalue weighted by Gasteiger charge is 2.51. The van der Waals surface area contributed by atoms with Gasteiger partial charge in [-0.05, 0) is 79.8 Å². The Labute approximate surface area is 318 Å². The molecule has 2 aromatic carbocycles. The van der Waals surface area contributed by atoms with E-state index in [2.05, 4.69) is 61.0 Å². The number of allylic oxidation sites excluding steroid dienone is 1. The number of rotatable bonds is 12. The molecule has 2 heterocycles. The SMILES string of the molecule is C.CC[C@]1(C)NC(=O)[C@H](CCC/C=C/C(=O)[C@@H](C)O[Si](c2ccccc2)(c2ccccc2)C(C)(C)C)NC(=O)[C@H]2CCCN2C(=O)[C@H](C(C)C)NC1=O. The second-order valence-corrected chi connectivity index (χ2v) is 20.0. The minimum Gasteiger partial charge on any atom is -0.397 e. The van der Waals surface area contributed by atoms with Crippen molar-refractivity contribution in [3.8, 4) is 0 Å². The Bertz CT molecular complexity index is 1570. The molecule has 0 radical (unpaired) electrons. The summed E-state index contributed by atoms with van der Waals surface area (Å²) in [6.07, 6.45) is 5.31. The molecule has 0 aliphatic carbocycles.